The van der Waals surface area contributed by atoms with Gasteiger partial charge in [-0.3, -0.25) is 9.59 Å². The Morgan fingerprint density at radius 2 is 1.62 bits per heavy atom. The third-order valence-corrected chi connectivity index (χ3v) is 4.65. The number of carbonyl (C=O) groups excluding carboxylic acids is 2. The summed E-state index contributed by atoms with van der Waals surface area (Å²) in [6.07, 6.45) is -0.113. The zero-order valence-electron chi connectivity index (χ0n) is 15.4. The molecule has 0 unspecified atom stereocenters. The Hall–Kier alpha value is -2.82. The van der Waals surface area contributed by atoms with Crippen LogP contribution >= 0.6 is 0 Å². The maximum atomic E-state index is 12.4. The predicted molar refractivity (Wildman–Crippen MR) is 104 cm³/mol. The number of amides is 2. The van der Waals surface area contributed by atoms with E-state index in [-0.39, 0.29) is 18.2 Å². The molecule has 0 radical (unpaired) electrons. The van der Waals surface area contributed by atoms with Crippen LogP contribution in [0.2, 0.25) is 0 Å². The standard InChI is InChI=1S/C21H25N3O2/c1-16-6-8-18(9-7-16)22-20(25)15-21(26)24-12-10-23(11-13-24)19-5-3-4-17(2)14-19/h3-9,14H,10-13,15H2,1-2H3,(H,22,25). The van der Waals surface area contributed by atoms with E-state index in [9.17, 15) is 9.59 Å². The first kappa shape index (κ1) is 18.0. The highest BCUT2D eigenvalue weighted by atomic mass is 16.2. The van der Waals surface area contributed by atoms with Crippen molar-refractivity contribution in [3.63, 3.8) is 0 Å². The number of nitrogens with one attached hydrogen (secondary N) is 1. The van der Waals surface area contributed by atoms with Crippen LogP contribution in [0.25, 0.3) is 0 Å². The van der Waals surface area contributed by atoms with E-state index < -0.39 is 0 Å². The monoisotopic (exact) mass is 351 g/mol. The van der Waals surface area contributed by atoms with E-state index in [4.69, 9.17) is 0 Å². The highest BCUT2D eigenvalue weighted by Crippen LogP contribution is 2.18. The molecule has 1 aliphatic rings. The molecule has 26 heavy (non-hydrogen) atoms. The minimum Gasteiger partial charge on any atom is -0.368 e. The summed E-state index contributed by atoms with van der Waals surface area (Å²) in [5.41, 5.74) is 4.27. The Morgan fingerprint density at radius 1 is 0.923 bits per heavy atom. The molecule has 5 heteroatoms. The second kappa shape index (κ2) is 8.04. The molecule has 0 bridgehead atoms. The van der Waals surface area contributed by atoms with Crippen molar-refractivity contribution in [2.45, 2.75) is 20.3 Å². The van der Waals surface area contributed by atoms with Crippen molar-refractivity contribution in [2.75, 3.05) is 36.4 Å². The fraction of sp³-hybridized carbons (Fsp3) is 0.333. The zero-order chi connectivity index (χ0) is 18.5. The van der Waals surface area contributed by atoms with Crippen molar-refractivity contribution < 1.29 is 9.59 Å². The number of anilines is 2. The molecule has 1 saturated heterocycles. The van der Waals surface area contributed by atoms with Gasteiger partial charge in [-0.05, 0) is 43.7 Å². The van der Waals surface area contributed by atoms with E-state index >= 15 is 0 Å². The molecule has 0 aromatic heterocycles. The lowest BCUT2D eigenvalue weighted by Gasteiger charge is -2.36. The smallest absolute Gasteiger partial charge is 0.233 e. The molecule has 2 amide bonds. The Labute approximate surface area is 154 Å². The summed E-state index contributed by atoms with van der Waals surface area (Å²) in [6.45, 7) is 6.93. The second-order valence-corrected chi connectivity index (χ2v) is 6.80. The lowest BCUT2D eigenvalue weighted by Crippen LogP contribution is -2.49. The zero-order valence-corrected chi connectivity index (χ0v) is 15.4. The lowest BCUT2D eigenvalue weighted by molar-refractivity contribution is -0.134. The van der Waals surface area contributed by atoms with Gasteiger partial charge in [-0.2, -0.15) is 0 Å². The summed E-state index contributed by atoms with van der Waals surface area (Å²) in [6, 6.07) is 15.9. The van der Waals surface area contributed by atoms with Gasteiger partial charge in [-0.1, -0.05) is 29.8 Å². The van der Waals surface area contributed by atoms with Crippen LogP contribution in [0, 0.1) is 13.8 Å². The fourth-order valence-electron chi connectivity index (χ4n) is 3.13. The fourth-order valence-corrected chi connectivity index (χ4v) is 3.13. The first-order valence-corrected chi connectivity index (χ1v) is 8.97. The molecule has 0 saturated carbocycles. The Bertz CT molecular complexity index is 778. The van der Waals surface area contributed by atoms with Crippen LogP contribution in [0.5, 0.6) is 0 Å². The van der Waals surface area contributed by atoms with Gasteiger partial charge in [0.2, 0.25) is 11.8 Å². The largest absolute Gasteiger partial charge is 0.368 e. The summed E-state index contributed by atoms with van der Waals surface area (Å²) in [7, 11) is 0. The topological polar surface area (TPSA) is 52.7 Å². The number of rotatable bonds is 4. The molecule has 2 aromatic carbocycles. The number of hydrogen-bond acceptors (Lipinski definition) is 3. The molecule has 1 N–H and O–H groups in total. The van der Waals surface area contributed by atoms with Crippen molar-refractivity contribution in [3.05, 3.63) is 59.7 Å². The third kappa shape index (κ3) is 4.63. The lowest BCUT2D eigenvalue weighted by atomic mass is 10.2. The van der Waals surface area contributed by atoms with Gasteiger partial charge in [-0.25, -0.2) is 0 Å². The molecule has 0 spiro atoms. The van der Waals surface area contributed by atoms with Crippen LogP contribution in [-0.2, 0) is 9.59 Å². The molecule has 2 aromatic rings. The minimum absolute atomic E-state index is 0.112. The highest BCUT2D eigenvalue weighted by Gasteiger charge is 2.23. The van der Waals surface area contributed by atoms with Gasteiger partial charge < -0.3 is 15.1 Å². The molecule has 5 nitrogen and oxygen atoms in total. The summed E-state index contributed by atoms with van der Waals surface area (Å²) < 4.78 is 0. The summed E-state index contributed by atoms with van der Waals surface area (Å²) in [5.74, 6) is -0.376. The maximum Gasteiger partial charge on any atom is 0.233 e. The van der Waals surface area contributed by atoms with Crippen LogP contribution in [0.3, 0.4) is 0 Å². The molecular weight excluding hydrogens is 326 g/mol. The van der Waals surface area contributed by atoms with Crippen molar-refractivity contribution in [1.29, 1.82) is 0 Å². The number of nitrogens with zero attached hydrogens (tertiary/aromatic N) is 2. The number of aryl methyl sites for hydroxylation is 2. The Morgan fingerprint density at radius 3 is 2.27 bits per heavy atom. The summed E-state index contributed by atoms with van der Waals surface area (Å²) in [4.78, 5) is 28.6. The molecule has 3 rings (SSSR count). The molecule has 0 atom stereocenters. The van der Waals surface area contributed by atoms with Crippen molar-refractivity contribution in [3.8, 4) is 0 Å². The van der Waals surface area contributed by atoms with Gasteiger partial charge in [0.15, 0.2) is 0 Å². The molecule has 0 aliphatic carbocycles. The van der Waals surface area contributed by atoms with Crippen LogP contribution in [0.4, 0.5) is 11.4 Å². The maximum absolute atomic E-state index is 12.4. The van der Waals surface area contributed by atoms with E-state index in [1.165, 1.54) is 11.3 Å². The van der Waals surface area contributed by atoms with Crippen molar-refractivity contribution in [2.24, 2.45) is 0 Å². The van der Waals surface area contributed by atoms with E-state index in [1.54, 1.807) is 4.90 Å². The number of piperazine rings is 1. The molecule has 1 heterocycles. The van der Waals surface area contributed by atoms with E-state index in [0.29, 0.717) is 13.1 Å². The van der Waals surface area contributed by atoms with Gasteiger partial charge in [0.05, 0.1) is 0 Å². The van der Waals surface area contributed by atoms with Crippen LogP contribution in [0.15, 0.2) is 48.5 Å². The van der Waals surface area contributed by atoms with Gasteiger partial charge >= 0.3 is 0 Å². The van der Waals surface area contributed by atoms with Crippen molar-refractivity contribution >= 4 is 23.2 Å². The third-order valence-electron chi connectivity index (χ3n) is 4.65. The first-order valence-electron chi connectivity index (χ1n) is 8.97. The predicted octanol–water partition coefficient (Wildman–Crippen LogP) is 2.98. The van der Waals surface area contributed by atoms with Crippen LogP contribution in [-0.4, -0.2) is 42.9 Å². The quantitative estimate of drug-likeness (QED) is 0.862. The average molecular weight is 351 g/mol. The summed E-state index contributed by atoms with van der Waals surface area (Å²) in [5, 5.41) is 2.78. The number of hydrogen-bond donors (Lipinski definition) is 1. The highest BCUT2D eigenvalue weighted by molar-refractivity contribution is 6.03. The average Bonchev–Trinajstić information content (AvgIpc) is 2.64. The Balaban J connectivity index is 1.48. The van der Waals surface area contributed by atoms with Crippen molar-refractivity contribution in [1.82, 2.24) is 4.90 Å². The molecule has 136 valence electrons. The van der Waals surface area contributed by atoms with Crippen LogP contribution < -0.4 is 10.2 Å². The number of carbonyl (C=O) groups is 2. The Kier molecular flexibility index (Phi) is 5.56. The molecule has 1 fully saturated rings. The summed E-state index contributed by atoms with van der Waals surface area (Å²) >= 11 is 0. The van der Waals surface area contributed by atoms with Gasteiger partial charge in [0, 0.05) is 37.6 Å². The normalized spacial score (nSPS) is 14.2. The van der Waals surface area contributed by atoms with E-state index in [0.717, 1.165) is 24.3 Å². The number of benzene rings is 2. The van der Waals surface area contributed by atoms with E-state index in [1.807, 2.05) is 31.2 Å². The van der Waals surface area contributed by atoms with Gasteiger partial charge in [-0.15, -0.1) is 0 Å². The second-order valence-electron chi connectivity index (χ2n) is 6.80. The van der Waals surface area contributed by atoms with Gasteiger partial charge in [0.1, 0.15) is 6.42 Å². The molecule has 1 aliphatic heterocycles. The van der Waals surface area contributed by atoms with Gasteiger partial charge in [0.25, 0.3) is 0 Å². The first-order chi connectivity index (χ1) is 12.5. The SMILES string of the molecule is Cc1ccc(NC(=O)CC(=O)N2CCN(c3cccc(C)c3)CC2)cc1. The van der Waals surface area contributed by atoms with Crippen LogP contribution in [0.1, 0.15) is 17.5 Å². The molecular formula is C21H25N3O2. The minimum atomic E-state index is -0.264. The van der Waals surface area contributed by atoms with E-state index in [2.05, 4.69) is 41.4 Å².